The van der Waals surface area contributed by atoms with Crippen LogP contribution in [0.25, 0.3) is 0 Å². The van der Waals surface area contributed by atoms with Gasteiger partial charge in [-0.3, -0.25) is 0 Å². The molecule has 0 atom stereocenters. The van der Waals surface area contributed by atoms with E-state index < -0.39 is 0 Å². The molecule has 0 aromatic heterocycles. The molecule has 0 saturated heterocycles. The summed E-state index contributed by atoms with van der Waals surface area (Å²) >= 11 is 3.45. The molecular formula is C16H14BrNO2. The number of para-hydroxylation sites is 1. The number of halogens is 1. The van der Waals surface area contributed by atoms with E-state index >= 15 is 0 Å². The quantitative estimate of drug-likeness (QED) is 0.842. The van der Waals surface area contributed by atoms with E-state index in [9.17, 15) is 0 Å². The molecule has 0 bridgehead atoms. The third kappa shape index (κ3) is 3.12. The summed E-state index contributed by atoms with van der Waals surface area (Å²) < 4.78 is 12.0. The zero-order chi connectivity index (χ0) is 14.5. The van der Waals surface area contributed by atoms with Crippen molar-refractivity contribution in [2.24, 2.45) is 0 Å². The van der Waals surface area contributed by atoms with E-state index in [-0.39, 0.29) is 0 Å². The van der Waals surface area contributed by atoms with Crippen LogP contribution < -0.4 is 9.47 Å². The Balaban J connectivity index is 2.19. The van der Waals surface area contributed by atoms with Gasteiger partial charge in [0.2, 0.25) is 0 Å². The Kier molecular flexibility index (Phi) is 4.65. The molecule has 2 rings (SSSR count). The largest absolute Gasteiger partial charge is 0.493 e. The van der Waals surface area contributed by atoms with Gasteiger partial charge in [-0.25, -0.2) is 0 Å². The highest BCUT2D eigenvalue weighted by Crippen LogP contribution is 2.35. The lowest BCUT2D eigenvalue weighted by atomic mass is 10.1. The molecular weight excluding hydrogens is 318 g/mol. The van der Waals surface area contributed by atoms with Crippen LogP contribution in [0.15, 0.2) is 40.9 Å². The number of ether oxygens (including phenoxy) is 2. The van der Waals surface area contributed by atoms with Crippen molar-refractivity contribution in [1.82, 2.24) is 0 Å². The first kappa shape index (κ1) is 14.4. The fourth-order valence-corrected chi connectivity index (χ4v) is 2.33. The van der Waals surface area contributed by atoms with Gasteiger partial charge in [-0.15, -0.1) is 0 Å². The first-order valence-corrected chi connectivity index (χ1v) is 6.90. The Labute approximate surface area is 126 Å². The lowest BCUT2D eigenvalue weighted by Crippen LogP contribution is -2.00. The third-order valence-electron chi connectivity index (χ3n) is 2.99. The maximum atomic E-state index is 8.86. The average Bonchev–Trinajstić information content (AvgIpc) is 2.46. The normalized spacial score (nSPS) is 9.90. The second-order valence-electron chi connectivity index (χ2n) is 4.31. The first-order valence-electron chi connectivity index (χ1n) is 6.10. The van der Waals surface area contributed by atoms with Crippen LogP contribution in [-0.4, -0.2) is 7.11 Å². The molecule has 0 unspecified atom stereocenters. The van der Waals surface area contributed by atoms with Gasteiger partial charge in [-0.1, -0.05) is 12.1 Å². The Morgan fingerprint density at radius 2 is 2.05 bits per heavy atom. The molecule has 2 aromatic rings. The van der Waals surface area contributed by atoms with Crippen molar-refractivity contribution in [3.8, 4) is 17.6 Å². The summed E-state index contributed by atoms with van der Waals surface area (Å²) in [5, 5.41) is 8.86. The minimum atomic E-state index is 0.427. The van der Waals surface area contributed by atoms with Crippen molar-refractivity contribution in [2.75, 3.05) is 7.11 Å². The van der Waals surface area contributed by atoms with E-state index in [0.29, 0.717) is 23.7 Å². The second kappa shape index (κ2) is 6.44. The predicted molar refractivity (Wildman–Crippen MR) is 80.9 cm³/mol. The van der Waals surface area contributed by atoms with Gasteiger partial charge in [-0.2, -0.15) is 5.26 Å². The Morgan fingerprint density at radius 1 is 1.25 bits per heavy atom. The molecule has 0 heterocycles. The highest BCUT2D eigenvalue weighted by Gasteiger charge is 2.09. The lowest BCUT2D eigenvalue weighted by molar-refractivity contribution is 0.282. The summed E-state index contributed by atoms with van der Waals surface area (Å²) in [7, 11) is 1.61. The van der Waals surface area contributed by atoms with E-state index in [0.717, 1.165) is 15.6 Å². The minimum Gasteiger partial charge on any atom is -0.493 e. The molecule has 4 heteroatoms. The average molecular weight is 332 g/mol. The Bertz CT molecular complexity index is 662. The molecule has 0 radical (unpaired) electrons. The van der Waals surface area contributed by atoms with Gasteiger partial charge in [0, 0.05) is 0 Å². The summed E-state index contributed by atoms with van der Waals surface area (Å²) in [6, 6.07) is 13.3. The molecule has 0 saturated carbocycles. The van der Waals surface area contributed by atoms with Gasteiger partial charge >= 0.3 is 0 Å². The molecule has 0 fully saturated rings. The summed E-state index contributed by atoms with van der Waals surface area (Å²) in [6.45, 7) is 2.40. The molecule has 102 valence electrons. The lowest BCUT2D eigenvalue weighted by Gasteiger charge is -2.13. The van der Waals surface area contributed by atoms with Crippen molar-refractivity contribution in [3.63, 3.8) is 0 Å². The SMILES string of the molecule is COc1cccc(Br)c1OCc1ccc(C#N)cc1C. The van der Waals surface area contributed by atoms with E-state index in [2.05, 4.69) is 22.0 Å². The molecule has 0 aliphatic carbocycles. The number of hydrogen-bond donors (Lipinski definition) is 0. The number of nitriles is 1. The summed E-state index contributed by atoms with van der Waals surface area (Å²) in [5.41, 5.74) is 2.74. The smallest absolute Gasteiger partial charge is 0.175 e. The van der Waals surface area contributed by atoms with Crippen molar-refractivity contribution in [3.05, 3.63) is 57.6 Å². The monoisotopic (exact) mass is 331 g/mol. The van der Waals surface area contributed by atoms with E-state index in [1.54, 1.807) is 13.2 Å². The minimum absolute atomic E-state index is 0.427. The van der Waals surface area contributed by atoms with Crippen LogP contribution in [0.2, 0.25) is 0 Å². The van der Waals surface area contributed by atoms with Crippen molar-refractivity contribution in [2.45, 2.75) is 13.5 Å². The van der Waals surface area contributed by atoms with Gasteiger partial charge in [0.1, 0.15) is 6.61 Å². The van der Waals surface area contributed by atoms with Crippen LogP contribution in [0.3, 0.4) is 0 Å². The Hall–Kier alpha value is -1.99. The van der Waals surface area contributed by atoms with E-state index in [1.807, 2.05) is 37.3 Å². The molecule has 20 heavy (non-hydrogen) atoms. The topological polar surface area (TPSA) is 42.2 Å². The molecule has 2 aromatic carbocycles. The summed E-state index contributed by atoms with van der Waals surface area (Å²) in [4.78, 5) is 0. The molecule has 0 aliphatic rings. The van der Waals surface area contributed by atoms with Crippen LogP contribution in [0.1, 0.15) is 16.7 Å². The molecule has 0 spiro atoms. The van der Waals surface area contributed by atoms with E-state index in [1.165, 1.54) is 0 Å². The highest BCUT2D eigenvalue weighted by molar-refractivity contribution is 9.10. The summed E-state index contributed by atoms with van der Waals surface area (Å²) in [5.74, 6) is 1.37. The maximum Gasteiger partial charge on any atom is 0.175 e. The second-order valence-corrected chi connectivity index (χ2v) is 5.17. The van der Waals surface area contributed by atoms with Crippen LogP contribution in [-0.2, 0) is 6.61 Å². The van der Waals surface area contributed by atoms with Crippen LogP contribution in [0.4, 0.5) is 0 Å². The molecule has 3 nitrogen and oxygen atoms in total. The van der Waals surface area contributed by atoms with Crippen molar-refractivity contribution in [1.29, 1.82) is 5.26 Å². The summed E-state index contributed by atoms with van der Waals surface area (Å²) in [6.07, 6.45) is 0. The van der Waals surface area contributed by atoms with Gasteiger partial charge in [0.25, 0.3) is 0 Å². The van der Waals surface area contributed by atoms with Crippen molar-refractivity contribution < 1.29 is 9.47 Å². The first-order chi connectivity index (χ1) is 9.65. The third-order valence-corrected chi connectivity index (χ3v) is 3.62. The number of hydrogen-bond acceptors (Lipinski definition) is 3. The van der Waals surface area contributed by atoms with Crippen LogP contribution >= 0.6 is 15.9 Å². The van der Waals surface area contributed by atoms with Crippen LogP contribution in [0, 0.1) is 18.3 Å². The number of methoxy groups -OCH3 is 1. The highest BCUT2D eigenvalue weighted by atomic mass is 79.9. The number of nitrogens with zero attached hydrogens (tertiary/aromatic N) is 1. The molecule has 0 N–H and O–H groups in total. The standard InChI is InChI=1S/C16H14BrNO2/c1-11-8-12(9-18)6-7-13(11)10-20-16-14(17)4-3-5-15(16)19-2/h3-8H,10H2,1-2H3. The Morgan fingerprint density at radius 3 is 2.70 bits per heavy atom. The van der Waals surface area contributed by atoms with Gasteiger partial charge in [0.05, 0.1) is 23.2 Å². The van der Waals surface area contributed by atoms with Gasteiger partial charge < -0.3 is 9.47 Å². The molecule has 0 amide bonds. The number of aryl methyl sites for hydroxylation is 1. The van der Waals surface area contributed by atoms with Gasteiger partial charge in [-0.05, 0) is 58.2 Å². The van der Waals surface area contributed by atoms with E-state index in [4.69, 9.17) is 14.7 Å². The predicted octanol–water partition coefficient (Wildman–Crippen LogP) is 4.22. The number of rotatable bonds is 4. The molecule has 0 aliphatic heterocycles. The zero-order valence-corrected chi connectivity index (χ0v) is 12.9. The fourth-order valence-electron chi connectivity index (χ4n) is 1.87. The van der Waals surface area contributed by atoms with Crippen molar-refractivity contribution >= 4 is 15.9 Å². The van der Waals surface area contributed by atoms with Gasteiger partial charge in [0.15, 0.2) is 11.5 Å². The number of benzene rings is 2. The maximum absolute atomic E-state index is 8.86. The van der Waals surface area contributed by atoms with Crippen LogP contribution in [0.5, 0.6) is 11.5 Å². The zero-order valence-electron chi connectivity index (χ0n) is 11.3. The fraction of sp³-hybridized carbons (Fsp3) is 0.188.